The van der Waals surface area contributed by atoms with Gasteiger partial charge in [0.25, 0.3) is 0 Å². The number of benzene rings is 1. The number of amides is 1. The molecule has 4 nitrogen and oxygen atoms in total. The van der Waals surface area contributed by atoms with Gasteiger partial charge in [-0.25, -0.2) is 4.79 Å². The van der Waals surface area contributed by atoms with Gasteiger partial charge in [-0.05, 0) is 51.8 Å². The van der Waals surface area contributed by atoms with Crippen LogP contribution < -0.4 is 10.1 Å². The lowest BCUT2D eigenvalue weighted by atomic mass is 10.2. The highest BCUT2D eigenvalue weighted by atomic mass is 16.6. The first kappa shape index (κ1) is 16.9. The summed E-state index contributed by atoms with van der Waals surface area (Å²) >= 11 is 0. The molecule has 0 radical (unpaired) electrons. The van der Waals surface area contributed by atoms with Gasteiger partial charge in [0.05, 0.1) is 6.61 Å². The van der Waals surface area contributed by atoms with E-state index in [4.69, 9.17) is 15.9 Å². The van der Waals surface area contributed by atoms with Crippen molar-refractivity contribution in [1.29, 1.82) is 0 Å². The maximum atomic E-state index is 11.4. The lowest BCUT2D eigenvalue weighted by Crippen LogP contribution is -2.33. The number of hydrogen-bond acceptors (Lipinski definition) is 3. The summed E-state index contributed by atoms with van der Waals surface area (Å²) in [5.41, 5.74) is 0.342. The molecule has 1 N–H and O–H groups in total. The molecule has 0 unspecified atom stereocenters. The molecule has 1 aromatic rings. The molecule has 1 aromatic carbocycles. The highest BCUT2D eigenvalue weighted by Crippen LogP contribution is 2.12. The molecule has 21 heavy (non-hydrogen) atoms. The van der Waals surface area contributed by atoms with Gasteiger partial charge in [0.1, 0.15) is 11.4 Å². The van der Waals surface area contributed by atoms with Crippen LogP contribution in [0.3, 0.4) is 0 Å². The minimum Gasteiger partial charge on any atom is -0.494 e. The molecule has 0 spiro atoms. The number of alkyl carbamates (subject to hydrolysis) is 1. The van der Waals surface area contributed by atoms with Gasteiger partial charge in [-0.2, -0.15) is 0 Å². The third kappa shape index (κ3) is 7.88. The fourth-order valence-corrected chi connectivity index (χ4v) is 1.60. The molecule has 0 aromatic heterocycles. The van der Waals surface area contributed by atoms with Crippen LogP contribution in [0.2, 0.25) is 0 Å². The molecule has 0 aliphatic heterocycles. The summed E-state index contributed by atoms with van der Waals surface area (Å²) in [4.78, 5) is 11.4. The van der Waals surface area contributed by atoms with Crippen molar-refractivity contribution in [3.8, 4) is 18.1 Å². The first-order chi connectivity index (χ1) is 9.90. The zero-order chi connectivity index (χ0) is 15.7. The van der Waals surface area contributed by atoms with E-state index in [-0.39, 0.29) is 6.09 Å². The molecule has 1 rings (SSSR count). The largest absolute Gasteiger partial charge is 0.494 e. The Hall–Kier alpha value is -2.15. The van der Waals surface area contributed by atoms with Crippen molar-refractivity contribution >= 4 is 6.09 Å². The van der Waals surface area contributed by atoms with Gasteiger partial charge in [-0.3, -0.25) is 0 Å². The summed E-state index contributed by atoms with van der Waals surface area (Å²) in [7, 11) is 0. The molecule has 4 heteroatoms. The summed E-state index contributed by atoms with van der Waals surface area (Å²) in [6.45, 7) is 6.67. The van der Waals surface area contributed by atoms with Crippen molar-refractivity contribution < 1.29 is 14.3 Å². The number of carbonyl (C=O) groups excluding carboxylic acids is 1. The molecule has 0 aliphatic carbocycles. The van der Waals surface area contributed by atoms with E-state index >= 15 is 0 Å². The Bertz CT molecular complexity index is 497. The maximum Gasteiger partial charge on any atom is 0.407 e. The minimum absolute atomic E-state index is 0.384. The monoisotopic (exact) mass is 289 g/mol. The summed E-state index contributed by atoms with van der Waals surface area (Å²) in [5.74, 6) is 3.34. The standard InChI is InChI=1S/C17H23NO3/c1-5-14-9-8-10-15(13-14)20-12-7-6-11-18-16(19)21-17(2,3)4/h1,8-10,13H,6-7,11-12H2,2-4H3,(H,18,19). The van der Waals surface area contributed by atoms with Crippen molar-refractivity contribution in [1.82, 2.24) is 5.32 Å². The fourth-order valence-electron chi connectivity index (χ4n) is 1.60. The zero-order valence-electron chi connectivity index (χ0n) is 12.9. The summed E-state index contributed by atoms with van der Waals surface area (Å²) in [6, 6.07) is 7.44. The molecule has 0 aliphatic rings. The Balaban J connectivity index is 2.12. The van der Waals surface area contributed by atoms with Crippen LogP contribution in [0, 0.1) is 12.3 Å². The lowest BCUT2D eigenvalue weighted by molar-refractivity contribution is 0.0526. The first-order valence-electron chi connectivity index (χ1n) is 7.07. The molecular formula is C17H23NO3. The van der Waals surface area contributed by atoms with Gasteiger partial charge in [0.15, 0.2) is 0 Å². The average Bonchev–Trinajstić information content (AvgIpc) is 2.41. The van der Waals surface area contributed by atoms with Crippen LogP contribution in [0.25, 0.3) is 0 Å². The normalized spacial score (nSPS) is 10.6. The second kappa shape index (κ2) is 8.21. The summed E-state index contributed by atoms with van der Waals surface area (Å²) < 4.78 is 10.7. The van der Waals surface area contributed by atoms with Crippen molar-refractivity contribution in [2.45, 2.75) is 39.2 Å². The Morgan fingerprint density at radius 1 is 1.33 bits per heavy atom. The first-order valence-corrected chi connectivity index (χ1v) is 7.07. The highest BCUT2D eigenvalue weighted by molar-refractivity contribution is 5.67. The Morgan fingerprint density at radius 2 is 2.10 bits per heavy atom. The van der Waals surface area contributed by atoms with Crippen molar-refractivity contribution in [2.75, 3.05) is 13.2 Å². The van der Waals surface area contributed by atoms with Gasteiger partial charge in [0.2, 0.25) is 0 Å². The van der Waals surface area contributed by atoms with Gasteiger partial charge in [0, 0.05) is 12.1 Å². The van der Waals surface area contributed by atoms with E-state index < -0.39 is 5.60 Å². The van der Waals surface area contributed by atoms with Crippen LogP contribution in [0.15, 0.2) is 24.3 Å². The number of rotatable bonds is 6. The number of carbonyl (C=O) groups is 1. The van der Waals surface area contributed by atoms with E-state index in [9.17, 15) is 4.79 Å². The van der Waals surface area contributed by atoms with Gasteiger partial charge in [-0.15, -0.1) is 6.42 Å². The SMILES string of the molecule is C#Cc1cccc(OCCCCNC(=O)OC(C)(C)C)c1. The number of hydrogen-bond donors (Lipinski definition) is 1. The molecule has 0 heterocycles. The zero-order valence-corrected chi connectivity index (χ0v) is 12.9. The number of ether oxygens (including phenoxy) is 2. The molecule has 114 valence electrons. The molecule has 1 amide bonds. The van der Waals surface area contributed by atoms with Gasteiger partial charge in [-0.1, -0.05) is 12.0 Å². The highest BCUT2D eigenvalue weighted by Gasteiger charge is 2.15. The molecule has 0 fully saturated rings. The van der Waals surface area contributed by atoms with Gasteiger partial charge < -0.3 is 14.8 Å². The summed E-state index contributed by atoms with van der Waals surface area (Å²) in [6.07, 6.45) is 6.61. The van der Waals surface area contributed by atoms with Crippen molar-refractivity contribution in [2.24, 2.45) is 0 Å². The third-order valence-electron chi connectivity index (χ3n) is 2.51. The second-order valence-electron chi connectivity index (χ2n) is 5.66. The lowest BCUT2D eigenvalue weighted by Gasteiger charge is -2.19. The number of unbranched alkanes of at least 4 members (excludes halogenated alkanes) is 1. The Kier molecular flexibility index (Phi) is 6.61. The van der Waals surface area contributed by atoms with Crippen molar-refractivity contribution in [3.63, 3.8) is 0 Å². The van der Waals surface area contributed by atoms with Crippen molar-refractivity contribution in [3.05, 3.63) is 29.8 Å². The smallest absolute Gasteiger partial charge is 0.407 e. The second-order valence-corrected chi connectivity index (χ2v) is 5.66. The Morgan fingerprint density at radius 3 is 2.76 bits per heavy atom. The van der Waals surface area contributed by atoms with Crippen LogP contribution in [-0.4, -0.2) is 24.8 Å². The van der Waals surface area contributed by atoms with Crippen LogP contribution in [0.1, 0.15) is 39.2 Å². The van der Waals surface area contributed by atoms with E-state index in [0.717, 1.165) is 24.2 Å². The molecular weight excluding hydrogens is 266 g/mol. The van der Waals surface area contributed by atoms with E-state index in [1.54, 1.807) is 0 Å². The molecule has 0 saturated heterocycles. The van der Waals surface area contributed by atoms with Gasteiger partial charge >= 0.3 is 6.09 Å². The van der Waals surface area contributed by atoms with E-state index in [0.29, 0.717) is 13.2 Å². The minimum atomic E-state index is -0.463. The molecule has 0 atom stereocenters. The predicted molar refractivity (Wildman–Crippen MR) is 83.3 cm³/mol. The van der Waals surface area contributed by atoms with Crippen LogP contribution in [0.4, 0.5) is 4.79 Å². The quantitative estimate of drug-likeness (QED) is 0.645. The van der Waals surface area contributed by atoms with Crippen LogP contribution >= 0.6 is 0 Å². The van der Waals surface area contributed by atoms with Crippen LogP contribution in [-0.2, 0) is 4.74 Å². The number of terminal acetylenes is 1. The molecule has 0 bridgehead atoms. The van der Waals surface area contributed by atoms with E-state index in [1.165, 1.54) is 0 Å². The number of nitrogens with one attached hydrogen (secondary N) is 1. The maximum absolute atomic E-state index is 11.4. The topological polar surface area (TPSA) is 47.6 Å². The van der Waals surface area contributed by atoms with E-state index in [2.05, 4.69) is 11.2 Å². The third-order valence-corrected chi connectivity index (χ3v) is 2.51. The average molecular weight is 289 g/mol. The summed E-state index contributed by atoms with van der Waals surface area (Å²) in [5, 5.41) is 2.71. The van der Waals surface area contributed by atoms with E-state index in [1.807, 2.05) is 45.0 Å². The predicted octanol–water partition coefficient (Wildman–Crippen LogP) is 3.35. The fraction of sp³-hybridized carbons (Fsp3) is 0.471. The van der Waals surface area contributed by atoms with Crippen LogP contribution in [0.5, 0.6) is 5.75 Å². The molecule has 0 saturated carbocycles. The Labute approximate surface area is 126 Å².